The van der Waals surface area contributed by atoms with Crippen LogP contribution in [0.15, 0.2) is 0 Å². The molecular weight excluding hydrogens is 395 g/mol. The quantitative estimate of drug-likeness (QED) is 0.114. The molecule has 0 aliphatic rings. The molecule has 0 heterocycles. The summed E-state index contributed by atoms with van der Waals surface area (Å²) >= 11 is 17.1. The van der Waals surface area contributed by atoms with Crippen LogP contribution in [0.25, 0.3) is 0 Å². The summed E-state index contributed by atoms with van der Waals surface area (Å²) in [5.74, 6) is 0. The van der Waals surface area contributed by atoms with Gasteiger partial charge in [-0.25, -0.2) is 0 Å². The first-order valence-electron chi connectivity index (χ1n) is 10.3. The van der Waals surface area contributed by atoms with Gasteiger partial charge in [0, 0.05) is 0 Å². The van der Waals surface area contributed by atoms with Crippen molar-refractivity contribution in [2.45, 2.75) is 116 Å². The monoisotopic (exact) mass is 432 g/mol. The van der Waals surface area contributed by atoms with Gasteiger partial charge in [0.1, 0.15) is 0 Å². The molecule has 0 rings (SSSR count). The summed E-state index contributed by atoms with van der Waals surface area (Å²) in [6.45, 7) is 2.28. The third-order valence-corrected chi connectivity index (χ3v) is 10.4. The maximum atomic E-state index is 5.69. The zero-order valence-corrected chi connectivity index (χ0v) is 20.5. The van der Waals surface area contributed by atoms with E-state index in [1.54, 1.807) is 0 Å². The van der Waals surface area contributed by atoms with Gasteiger partial charge in [-0.2, -0.15) is 0 Å². The van der Waals surface area contributed by atoms with Crippen molar-refractivity contribution in [2.24, 2.45) is 0 Å². The molecule has 146 valence electrons. The third kappa shape index (κ3) is 23.3. The van der Waals surface area contributed by atoms with Gasteiger partial charge in [-0.05, 0) is 6.04 Å². The molecule has 0 spiro atoms. The molecule has 0 aromatic heterocycles. The Morgan fingerprint density at radius 3 is 1.25 bits per heavy atom. The number of hydrogen-bond donors (Lipinski definition) is 0. The van der Waals surface area contributed by atoms with Crippen molar-refractivity contribution in [1.29, 1.82) is 0 Å². The molecule has 0 atom stereocenters. The average Bonchev–Trinajstić information content (AvgIpc) is 2.52. The Balaban J connectivity index is 3.00. The van der Waals surface area contributed by atoms with E-state index in [4.69, 9.17) is 37.4 Å². The summed E-state index contributed by atoms with van der Waals surface area (Å²) in [5.41, 5.74) is 0. The molecular formula is C18H39Cl3OSi2. The largest absolute Gasteiger partial charge is 0.483 e. The van der Waals surface area contributed by atoms with Crippen molar-refractivity contribution < 1.29 is 4.12 Å². The van der Waals surface area contributed by atoms with Gasteiger partial charge < -0.3 is 4.12 Å². The molecule has 0 radical (unpaired) electrons. The van der Waals surface area contributed by atoms with Crippen LogP contribution in [0.2, 0.25) is 6.04 Å². The molecule has 1 nitrogen and oxygen atoms in total. The SMILES string of the molecule is CCCCCCCCCCCCCCCCCC[SiH2]O[Si](Cl)(Cl)Cl. The van der Waals surface area contributed by atoms with Gasteiger partial charge in [0.25, 0.3) is 0 Å². The highest BCUT2D eigenvalue weighted by Gasteiger charge is 2.26. The van der Waals surface area contributed by atoms with Crippen LogP contribution in [0.1, 0.15) is 110 Å². The molecule has 0 aliphatic carbocycles. The van der Waals surface area contributed by atoms with Gasteiger partial charge >= 0.3 is 6.25 Å². The highest BCUT2D eigenvalue weighted by molar-refractivity contribution is 7.62. The van der Waals surface area contributed by atoms with Gasteiger partial charge in [0.15, 0.2) is 9.76 Å². The molecule has 0 aliphatic heterocycles. The minimum atomic E-state index is -2.79. The molecule has 0 bridgehead atoms. The zero-order chi connectivity index (χ0) is 17.9. The fourth-order valence-corrected chi connectivity index (χ4v) is 7.16. The van der Waals surface area contributed by atoms with E-state index in [1.165, 1.54) is 103 Å². The molecule has 0 saturated carbocycles. The first-order chi connectivity index (χ1) is 11.6. The highest BCUT2D eigenvalue weighted by atomic mass is 35.8. The molecule has 6 heteroatoms. The van der Waals surface area contributed by atoms with Crippen LogP contribution in [-0.4, -0.2) is 16.0 Å². The van der Waals surface area contributed by atoms with E-state index in [0.29, 0.717) is 0 Å². The number of rotatable bonds is 19. The molecule has 0 amide bonds. The first-order valence-corrected chi connectivity index (χ1v) is 16.8. The topological polar surface area (TPSA) is 9.23 Å². The highest BCUT2D eigenvalue weighted by Crippen LogP contribution is 2.21. The molecule has 0 aromatic carbocycles. The molecule has 0 unspecified atom stereocenters. The number of hydrogen-bond acceptors (Lipinski definition) is 1. The normalized spacial score (nSPS) is 12.5. The summed E-state index contributed by atoms with van der Waals surface area (Å²) in [4.78, 5) is 0. The molecule has 0 saturated heterocycles. The number of halogens is 3. The standard InChI is InChI=1S/C18H39Cl3OSi2/c1-2-3-4-5-6-7-8-9-10-11-12-13-14-15-16-17-18-23-22-24(19,20)21/h2-18,23H2,1H3. The van der Waals surface area contributed by atoms with Crippen molar-refractivity contribution in [1.82, 2.24) is 0 Å². The van der Waals surface area contributed by atoms with E-state index in [1.807, 2.05) is 0 Å². The fourth-order valence-electron chi connectivity index (χ4n) is 3.01. The lowest BCUT2D eigenvalue weighted by Crippen LogP contribution is -2.18. The van der Waals surface area contributed by atoms with Crippen LogP contribution in [0.5, 0.6) is 0 Å². The molecule has 0 N–H and O–H groups in total. The summed E-state index contributed by atoms with van der Waals surface area (Å²) < 4.78 is 5.33. The maximum Gasteiger partial charge on any atom is 0.483 e. The van der Waals surface area contributed by atoms with E-state index < -0.39 is 16.0 Å². The lowest BCUT2D eigenvalue weighted by atomic mass is 10.0. The van der Waals surface area contributed by atoms with E-state index in [0.717, 1.165) is 6.04 Å². The van der Waals surface area contributed by atoms with Gasteiger partial charge in [-0.3, -0.25) is 0 Å². The Bertz CT molecular complexity index is 251. The second kappa shape index (κ2) is 19.0. The van der Waals surface area contributed by atoms with E-state index in [2.05, 4.69) is 6.92 Å². The van der Waals surface area contributed by atoms with Crippen LogP contribution in [0.4, 0.5) is 0 Å². The minimum Gasteiger partial charge on any atom is -0.429 e. The van der Waals surface area contributed by atoms with Crippen LogP contribution < -0.4 is 0 Å². The van der Waals surface area contributed by atoms with Crippen molar-refractivity contribution in [3.63, 3.8) is 0 Å². The smallest absolute Gasteiger partial charge is 0.429 e. The summed E-state index contributed by atoms with van der Waals surface area (Å²) in [7, 11) is -0.592. The van der Waals surface area contributed by atoms with E-state index >= 15 is 0 Å². The van der Waals surface area contributed by atoms with Crippen molar-refractivity contribution in [3.05, 3.63) is 0 Å². The molecule has 24 heavy (non-hydrogen) atoms. The predicted molar refractivity (Wildman–Crippen MR) is 117 cm³/mol. The minimum absolute atomic E-state index is 0.592. The van der Waals surface area contributed by atoms with Crippen LogP contribution in [0, 0.1) is 0 Å². The fraction of sp³-hybridized carbons (Fsp3) is 1.00. The van der Waals surface area contributed by atoms with Crippen molar-refractivity contribution in [3.8, 4) is 0 Å². The van der Waals surface area contributed by atoms with Gasteiger partial charge in [-0.15, -0.1) is 0 Å². The summed E-state index contributed by atoms with van der Waals surface area (Å²) in [5, 5.41) is 0. The van der Waals surface area contributed by atoms with Gasteiger partial charge in [-0.1, -0.05) is 143 Å². The molecule has 0 aromatic rings. The number of unbranched alkanes of at least 4 members (excludes halogenated alkanes) is 15. The Morgan fingerprint density at radius 1 is 0.583 bits per heavy atom. The van der Waals surface area contributed by atoms with Crippen molar-refractivity contribution >= 4 is 49.2 Å². The third-order valence-electron chi connectivity index (χ3n) is 4.51. The Labute approximate surface area is 168 Å². The van der Waals surface area contributed by atoms with E-state index in [-0.39, 0.29) is 0 Å². The summed E-state index contributed by atoms with van der Waals surface area (Å²) in [6, 6.07) is 1.15. The van der Waals surface area contributed by atoms with Gasteiger partial charge in [0.2, 0.25) is 0 Å². The lowest BCUT2D eigenvalue weighted by Gasteiger charge is -2.08. The molecule has 0 fully saturated rings. The van der Waals surface area contributed by atoms with Crippen LogP contribution in [0.3, 0.4) is 0 Å². The first kappa shape index (κ1) is 25.3. The predicted octanol–water partition coefficient (Wildman–Crippen LogP) is 7.92. The van der Waals surface area contributed by atoms with Gasteiger partial charge in [0.05, 0.1) is 0 Å². The van der Waals surface area contributed by atoms with E-state index in [9.17, 15) is 0 Å². The Hall–Kier alpha value is 1.26. The Morgan fingerprint density at radius 2 is 0.917 bits per heavy atom. The maximum absolute atomic E-state index is 5.69. The average molecular weight is 434 g/mol. The van der Waals surface area contributed by atoms with Crippen LogP contribution in [-0.2, 0) is 4.12 Å². The Kier molecular flexibility index (Phi) is 20.0. The lowest BCUT2D eigenvalue weighted by molar-refractivity contribution is 0.530. The summed E-state index contributed by atoms with van der Waals surface area (Å²) in [6.07, 6.45) is 19.7. The second-order valence-electron chi connectivity index (χ2n) is 6.95. The van der Waals surface area contributed by atoms with Crippen LogP contribution >= 0.6 is 33.2 Å². The second-order valence-corrected chi connectivity index (χ2v) is 16.6. The van der Waals surface area contributed by atoms with Crippen molar-refractivity contribution in [2.75, 3.05) is 0 Å². The zero-order valence-electron chi connectivity index (χ0n) is 15.8.